The number of para-hydroxylation sites is 1. The van der Waals surface area contributed by atoms with Gasteiger partial charge in [-0.2, -0.15) is 0 Å². The Bertz CT molecular complexity index is 560. The summed E-state index contributed by atoms with van der Waals surface area (Å²) in [4.78, 5) is 15.7. The summed E-state index contributed by atoms with van der Waals surface area (Å²) in [5, 5.41) is 5.98. The van der Waals surface area contributed by atoms with Crippen LogP contribution in [0.1, 0.15) is 5.56 Å². The lowest BCUT2D eigenvalue weighted by atomic mass is 10.2. The second-order valence-corrected chi connectivity index (χ2v) is 5.16. The van der Waals surface area contributed by atoms with Crippen molar-refractivity contribution in [3.05, 3.63) is 58.8 Å². The van der Waals surface area contributed by atoms with E-state index in [1.165, 1.54) is 5.56 Å². The van der Waals surface area contributed by atoms with Crippen molar-refractivity contribution < 1.29 is 4.79 Å². The maximum atomic E-state index is 11.8. The maximum absolute atomic E-state index is 11.8. The molecule has 20 heavy (non-hydrogen) atoms. The van der Waals surface area contributed by atoms with Gasteiger partial charge in [0, 0.05) is 16.9 Å². The second kappa shape index (κ2) is 7.77. The fourth-order valence-corrected chi connectivity index (χ4v) is 2.12. The molecule has 0 unspecified atom stereocenters. The zero-order valence-corrected chi connectivity index (χ0v) is 12.6. The Balaban J connectivity index is 1.69. The highest BCUT2D eigenvalue weighted by atomic mass is 79.9. The van der Waals surface area contributed by atoms with Crippen LogP contribution in [0.2, 0.25) is 0 Å². The van der Waals surface area contributed by atoms with Crippen molar-refractivity contribution in [3.63, 3.8) is 0 Å². The molecule has 0 aliphatic heterocycles. The number of carbonyl (C=O) groups is 1. The van der Waals surface area contributed by atoms with E-state index in [0.717, 1.165) is 23.1 Å². The molecule has 0 spiro atoms. The Labute approximate surface area is 126 Å². The van der Waals surface area contributed by atoms with Crippen molar-refractivity contribution in [1.29, 1.82) is 0 Å². The summed E-state index contributed by atoms with van der Waals surface area (Å²) in [6.45, 7) is 1.06. The summed E-state index contributed by atoms with van der Waals surface area (Å²) in [5.41, 5.74) is 1.99. The first-order chi connectivity index (χ1) is 9.75. The minimum atomic E-state index is -0.0494. The van der Waals surface area contributed by atoms with Gasteiger partial charge in [-0.3, -0.25) is 9.78 Å². The molecule has 1 heterocycles. The van der Waals surface area contributed by atoms with Crippen LogP contribution < -0.4 is 10.6 Å². The van der Waals surface area contributed by atoms with E-state index >= 15 is 0 Å². The SMILES string of the molecule is O=C(CNCCc1ccncc1)Nc1ccccc1Br. The van der Waals surface area contributed by atoms with Gasteiger partial charge in [0.2, 0.25) is 5.91 Å². The van der Waals surface area contributed by atoms with Gasteiger partial charge in [0.05, 0.1) is 12.2 Å². The number of nitrogens with one attached hydrogen (secondary N) is 2. The van der Waals surface area contributed by atoms with Crippen molar-refractivity contribution in [2.75, 3.05) is 18.4 Å². The molecule has 104 valence electrons. The van der Waals surface area contributed by atoms with Gasteiger partial charge in [-0.05, 0) is 58.7 Å². The molecule has 5 heteroatoms. The van der Waals surface area contributed by atoms with Gasteiger partial charge in [-0.1, -0.05) is 12.1 Å². The van der Waals surface area contributed by atoms with E-state index in [4.69, 9.17) is 0 Å². The number of benzene rings is 1. The van der Waals surface area contributed by atoms with Crippen LogP contribution in [0.25, 0.3) is 0 Å². The molecular formula is C15H16BrN3O. The average molecular weight is 334 g/mol. The van der Waals surface area contributed by atoms with E-state index in [0.29, 0.717) is 6.54 Å². The van der Waals surface area contributed by atoms with Crippen LogP contribution in [0.3, 0.4) is 0 Å². The van der Waals surface area contributed by atoms with Gasteiger partial charge in [-0.15, -0.1) is 0 Å². The number of halogens is 1. The number of pyridine rings is 1. The Kier molecular flexibility index (Phi) is 5.70. The smallest absolute Gasteiger partial charge is 0.238 e. The van der Waals surface area contributed by atoms with Crippen LogP contribution in [-0.4, -0.2) is 24.0 Å². The Hall–Kier alpha value is -1.72. The molecule has 1 aromatic heterocycles. The highest BCUT2D eigenvalue weighted by Gasteiger charge is 2.04. The lowest BCUT2D eigenvalue weighted by Crippen LogP contribution is -2.29. The predicted octanol–water partition coefficient (Wildman–Crippen LogP) is 2.61. The molecule has 0 saturated heterocycles. The van der Waals surface area contributed by atoms with Crippen molar-refractivity contribution in [2.24, 2.45) is 0 Å². The largest absolute Gasteiger partial charge is 0.324 e. The summed E-state index contributed by atoms with van der Waals surface area (Å²) >= 11 is 3.40. The zero-order chi connectivity index (χ0) is 14.2. The van der Waals surface area contributed by atoms with Crippen molar-refractivity contribution in [1.82, 2.24) is 10.3 Å². The summed E-state index contributed by atoms with van der Waals surface area (Å²) in [5.74, 6) is -0.0494. The molecular weight excluding hydrogens is 318 g/mol. The molecule has 4 nitrogen and oxygen atoms in total. The Morgan fingerprint density at radius 3 is 2.65 bits per heavy atom. The van der Waals surface area contributed by atoms with Crippen LogP contribution in [0, 0.1) is 0 Å². The molecule has 0 saturated carbocycles. The van der Waals surface area contributed by atoms with Crippen LogP contribution in [0.15, 0.2) is 53.3 Å². The quantitative estimate of drug-likeness (QED) is 0.799. The summed E-state index contributed by atoms with van der Waals surface area (Å²) < 4.78 is 0.880. The van der Waals surface area contributed by atoms with Crippen LogP contribution >= 0.6 is 15.9 Å². The molecule has 0 aliphatic carbocycles. The number of hydrogen-bond donors (Lipinski definition) is 2. The van der Waals surface area contributed by atoms with Gasteiger partial charge in [0.25, 0.3) is 0 Å². The number of amides is 1. The minimum Gasteiger partial charge on any atom is -0.324 e. The Morgan fingerprint density at radius 1 is 1.15 bits per heavy atom. The fourth-order valence-electron chi connectivity index (χ4n) is 1.74. The van der Waals surface area contributed by atoms with E-state index in [1.54, 1.807) is 12.4 Å². The monoisotopic (exact) mass is 333 g/mol. The van der Waals surface area contributed by atoms with Crippen LogP contribution in [0.5, 0.6) is 0 Å². The third-order valence-electron chi connectivity index (χ3n) is 2.77. The number of nitrogens with zero attached hydrogens (tertiary/aromatic N) is 1. The van der Waals surface area contributed by atoms with E-state index in [9.17, 15) is 4.79 Å². The molecule has 2 rings (SSSR count). The average Bonchev–Trinajstić information content (AvgIpc) is 2.47. The summed E-state index contributed by atoms with van der Waals surface area (Å²) in [7, 11) is 0. The molecule has 1 aromatic carbocycles. The molecule has 2 N–H and O–H groups in total. The normalized spacial score (nSPS) is 10.2. The van der Waals surface area contributed by atoms with Gasteiger partial charge in [-0.25, -0.2) is 0 Å². The van der Waals surface area contributed by atoms with Crippen molar-refractivity contribution in [2.45, 2.75) is 6.42 Å². The van der Waals surface area contributed by atoms with Crippen LogP contribution in [-0.2, 0) is 11.2 Å². The third-order valence-corrected chi connectivity index (χ3v) is 3.46. The number of aromatic nitrogens is 1. The van der Waals surface area contributed by atoms with Crippen molar-refractivity contribution in [3.8, 4) is 0 Å². The molecule has 0 bridgehead atoms. The topological polar surface area (TPSA) is 54.0 Å². The number of hydrogen-bond acceptors (Lipinski definition) is 3. The Morgan fingerprint density at radius 2 is 1.90 bits per heavy atom. The van der Waals surface area contributed by atoms with Gasteiger partial charge in [0.15, 0.2) is 0 Å². The molecule has 0 atom stereocenters. The van der Waals surface area contributed by atoms with E-state index in [1.807, 2.05) is 36.4 Å². The third kappa shape index (κ3) is 4.75. The van der Waals surface area contributed by atoms with E-state index < -0.39 is 0 Å². The predicted molar refractivity (Wildman–Crippen MR) is 83.6 cm³/mol. The van der Waals surface area contributed by atoms with Gasteiger partial charge >= 0.3 is 0 Å². The highest BCUT2D eigenvalue weighted by Crippen LogP contribution is 2.20. The molecule has 0 fully saturated rings. The fraction of sp³-hybridized carbons (Fsp3) is 0.200. The lowest BCUT2D eigenvalue weighted by molar-refractivity contribution is -0.115. The first kappa shape index (κ1) is 14.7. The van der Waals surface area contributed by atoms with Gasteiger partial charge < -0.3 is 10.6 Å². The van der Waals surface area contributed by atoms with E-state index in [2.05, 4.69) is 31.5 Å². The lowest BCUT2D eigenvalue weighted by Gasteiger charge is -2.08. The maximum Gasteiger partial charge on any atom is 0.238 e. The first-order valence-corrected chi connectivity index (χ1v) is 7.19. The standard InChI is InChI=1S/C15H16BrN3O/c16-13-3-1-2-4-14(13)19-15(20)11-18-10-7-12-5-8-17-9-6-12/h1-6,8-9,18H,7,10-11H2,(H,19,20). The first-order valence-electron chi connectivity index (χ1n) is 6.40. The molecule has 0 radical (unpaired) electrons. The summed E-state index contributed by atoms with van der Waals surface area (Å²) in [6.07, 6.45) is 4.43. The molecule has 2 aromatic rings. The van der Waals surface area contributed by atoms with Gasteiger partial charge in [0.1, 0.15) is 0 Å². The molecule has 0 aliphatic rings. The minimum absolute atomic E-state index is 0.0494. The summed E-state index contributed by atoms with van der Waals surface area (Å²) in [6, 6.07) is 11.5. The van der Waals surface area contributed by atoms with Crippen LogP contribution in [0.4, 0.5) is 5.69 Å². The zero-order valence-electron chi connectivity index (χ0n) is 11.0. The second-order valence-electron chi connectivity index (χ2n) is 4.31. The van der Waals surface area contributed by atoms with Crippen molar-refractivity contribution >= 4 is 27.5 Å². The molecule has 1 amide bonds. The highest BCUT2D eigenvalue weighted by molar-refractivity contribution is 9.10. The van der Waals surface area contributed by atoms with E-state index in [-0.39, 0.29) is 5.91 Å². The number of anilines is 1. The number of rotatable bonds is 6. The number of carbonyl (C=O) groups excluding carboxylic acids is 1.